The molecule has 27 nitrogen and oxygen atoms in total. The van der Waals surface area contributed by atoms with E-state index in [1.165, 1.54) is 42.6 Å². The van der Waals surface area contributed by atoms with Gasteiger partial charge in [0, 0.05) is 24.9 Å². The van der Waals surface area contributed by atoms with Gasteiger partial charge >= 0.3 is 27.4 Å². The normalized spacial score (nSPS) is 23.5. The molecule has 12 atom stereocenters. The molecule has 2 aliphatic rings. The van der Waals surface area contributed by atoms with E-state index in [2.05, 4.69) is 50.7 Å². The van der Waals surface area contributed by atoms with Crippen LogP contribution in [0.15, 0.2) is 97.6 Å². The summed E-state index contributed by atoms with van der Waals surface area (Å²) in [5.41, 5.74) is 1.74. The summed E-state index contributed by atoms with van der Waals surface area (Å²) in [7, 11) is -5.49. The number of benzene rings is 4. The minimum absolute atomic E-state index is 0. The van der Waals surface area contributed by atoms with Crippen LogP contribution in [0.3, 0.4) is 0 Å². The molecule has 0 unspecified atom stereocenters. The Morgan fingerprint density at radius 2 is 1.03 bits per heavy atom. The maximum absolute atomic E-state index is 16.2. The number of carbonyl (C=O) groups excluding carboxylic acids is 2. The summed E-state index contributed by atoms with van der Waals surface area (Å²) in [6, 6.07) is 22.8. The van der Waals surface area contributed by atoms with E-state index in [4.69, 9.17) is 42.8 Å². The van der Waals surface area contributed by atoms with Crippen LogP contribution < -0.4 is 35.6 Å². The third-order valence-corrected chi connectivity index (χ3v) is 18.1. The smallest absolute Gasteiger partial charge is 0.459 e. The van der Waals surface area contributed by atoms with Crippen LogP contribution in [0.2, 0.25) is 0 Å². The van der Waals surface area contributed by atoms with Crippen LogP contribution in [0.25, 0.3) is 43.9 Å². The van der Waals surface area contributed by atoms with Crippen molar-refractivity contribution in [2.75, 3.05) is 56.9 Å². The number of nitrogens with two attached hydrogens (primary N) is 1. The van der Waals surface area contributed by atoms with Gasteiger partial charge in [0.15, 0.2) is 57.8 Å². The minimum Gasteiger partial charge on any atom is -0.464 e. The molecule has 0 bridgehead atoms. The SMILES string of the molecule is C.CNc1nc(C)nc2c1ncn2[C@@H]1O[C@H](CO[P@@](=O)(N[C@@H](C)C(=O)OCC(C)(C)C)Oc2cccc3ccccc23)[C@@H](O)[C@@]1(C)F.CNc1nc(N)nc2c1ncn2[C@@H]1O[C@H](CO[P@@](=O)(N[C@H](C)C(=O)OCC(C)(C)C)Oc2cccc3ccccc23)[C@@H](O)[C@@]1(C)F. The maximum atomic E-state index is 16.2. The van der Waals surface area contributed by atoms with E-state index in [0.717, 1.165) is 17.7 Å². The molecule has 8 N–H and O–H groups in total. The number of alkyl halides is 2. The number of halogens is 2. The lowest BCUT2D eigenvalue weighted by molar-refractivity contribution is -0.148. The topological polar surface area (TPSA) is 344 Å². The summed E-state index contributed by atoms with van der Waals surface area (Å²) >= 11 is 0. The van der Waals surface area contributed by atoms with Gasteiger partial charge in [0.05, 0.1) is 39.1 Å². The molecule has 0 aliphatic carbocycles. The molecule has 2 aliphatic heterocycles. The van der Waals surface area contributed by atoms with Crippen molar-refractivity contribution in [2.24, 2.45) is 10.8 Å². The number of esters is 2. The molecule has 2 saturated heterocycles. The molecule has 0 radical (unpaired) electrons. The molecule has 0 saturated carbocycles. The summed E-state index contributed by atoms with van der Waals surface area (Å²) < 4.78 is 110. The number of nitrogens with zero attached hydrogens (tertiary/aromatic N) is 8. The molecule has 93 heavy (non-hydrogen) atoms. The first-order valence-electron chi connectivity index (χ1n) is 29.6. The average Bonchev–Trinajstić information content (AvgIpc) is 1.60. The standard InChI is InChI=1S/C31H40FN6O7P.C30H39FN7O7P.CH4/c1-18(28(40)42-16-30(3,4)5)37-46(41,45-22-14-10-12-20-11-8-9-13-21(20)22)43-15-23-25(39)31(6,32)29(44-23)38-17-34-24-26(33-7)35-19(2)36-27(24)38;1-17(26(40)42-15-29(2,3)4)37-46(41,45-20-13-9-11-18-10-7-8-12-19(18)20)43-14-21-23(39)30(5,31)27(44-21)38-16-34-22-24(33-6)35-28(32)36-25(22)38;/h8-14,17-18,23,25,29,39H,15-16H2,1-7H3,(H,37,41)(H,33,35,36);7-13,16-17,21,23,27,39H,14-15H2,1-6H3,(H,37,41)(H3,32,33,35,36);1H4/t18-,23+,25+,29+,31+,46-;17-,21-,23-,27-,30-,46+;/m01./s1. The van der Waals surface area contributed by atoms with Crippen LogP contribution in [-0.4, -0.2) is 150 Å². The largest absolute Gasteiger partial charge is 0.464 e. The maximum Gasteiger partial charge on any atom is 0.459 e. The summed E-state index contributed by atoms with van der Waals surface area (Å²) in [5, 5.41) is 36.1. The zero-order chi connectivity index (χ0) is 66.9. The molecule has 4 aromatic heterocycles. The molecule has 10 rings (SSSR count). The number of aliphatic hydroxyl groups is 2. The number of carbonyl (C=O) groups is 2. The van der Waals surface area contributed by atoms with Gasteiger partial charge in [0.25, 0.3) is 0 Å². The van der Waals surface area contributed by atoms with Crippen LogP contribution in [0, 0.1) is 17.8 Å². The molecule has 6 heterocycles. The fourth-order valence-electron chi connectivity index (χ4n) is 10.1. The fraction of sp³-hybridized carbons (Fsp3) is 0.484. The van der Waals surface area contributed by atoms with Gasteiger partial charge in [-0.15, -0.1) is 0 Å². The second kappa shape index (κ2) is 28.2. The number of anilines is 3. The molecular formula is C62H83F2N13O14P2. The highest BCUT2D eigenvalue weighted by Gasteiger charge is 2.57. The van der Waals surface area contributed by atoms with Crippen LogP contribution in [0.1, 0.15) is 94.9 Å². The number of hydrogen-bond donors (Lipinski definition) is 7. The van der Waals surface area contributed by atoms with E-state index < -0.39 is 101 Å². The first kappa shape index (κ1) is 71.3. The summed E-state index contributed by atoms with van der Waals surface area (Å²) in [4.78, 5) is 51.2. The third-order valence-electron chi connectivity index (χ3n) is 14.8. The summed E-state index contributed by atoms with van der Waals surface area (Å²) in [6.45, 7) is 17.5. The van der Waals surface area contributed by atoms with Gasteiger partial charge in [0.1, 0.15) is 53.8 Å². The number of fused-ring (bicyclic) bond motifs is 4. The lowest BCUT2D eigenvalue weighted by Gasteiger charge is -2.26. The number of aromatic nitrogens is 8. The number of ether oxygens (including phenoxy) is 4. The Kier molecular flexibility index (Phi) is 21.6. The highest BCUT2D eigenvalue weighted by atomic mass is 31.2. The van der Waals surface area contributed by atoms with Crippen molar-refractivity contribution in [1.82, 2.24) is 49.2 Å². The van der Waals surface area contributed by atoms with Crippen molar-refractivity contribution >= 4 is 88.9 Å². The first-order chi connectivity index (χ1) is 43.2. The van der Waals surface area contributed by atoms with Crippen LogP contribution in [0.4, 0.5) is 26.4 Å². The van der Waals surface area contributed by atoms with Crippen LogP contribution in [-0.2, 0) is 46.7 Å². The lowest BCUT2D eigenvalue weighted by Crippen LogP contribution is -2.41. The monoisotopic (exact) mass is 1330 g/mol. The molecular weight excluding hydrogens is 1250 g/mol. The molecule has 2 fully saturated rings. The number of nitrogen functional groups attached to an aromatic ring is 1. The van der Waals surface area contributed by atoms with Crippen molar-refractivity contribution in [1.29, 1.82) is 0 Å². The Hall–Kier alpha value is -7.56. The van der Waals surface area contributed by atoms with Crippen molar-refractivity contribution in [2.45, 2.75) is 144 Å². The predicted molar refractivity (Wildman–Crippen MR) is 347 cm³/mol. The molecule has 4 aromatic carbocycles. The second-order valence-corrected chi connectivity index (χ2v) is 28.6. The fourth-order valence-corrected chi connectivity index (χ4v) is 13.1. The van der Waals surface area contributed by atoms with Gasteiger partial charge in [-0.25, -0.2) is 37.8 Å². The van der Waals surface area contributed by atoms with Crippen LogP contribution >= 0.6 is 15.5 Å². The molecule has 8 aromatic rings. The highest BCUT2D eigenvalue weighted by Crippen LogP contribution is 2.51. The van der Waals surface area contributed by atoms with E-state index in [1.54, 1.807) is 69.6 Å². The second-order valence-electron chi connectivity index (χ2n) is 25.2. The number of rotatable bonds is 22. The third kappa shape index (κ3) is 16.2. The Morgan fingerprint density at radius 1 is 0.645 bits per heavy atom. The average molecular weight is 1330 g/mol. The van der Waals surface area contributed by atoms with E-state index in [9.17, 15) is 28.9 Å². The zero-order valence-corrected chi connectivity index (χ0v) is 55.1. The summed E-state index contributed by atoms with van der Waals surface area (Å²) in [6.07, 6.45) is -6.18. The first-order valence-corrected chi connectivity index (χ1v) is 32.7. The quantitative estimate of drug-likeness (QED) is 0.0245. The molecule has 31 heteroatoms. The molecule has 0 amide bonds. The summed E-state index contributed by atoms with van der Waals surface area (Å²) in [5.74, 6) is 0.219. The predicted octanol–water partition coefficient (Wildman–Crippen LogP) is 10.1. The Bertz CT molecular complexity index is 3800. The van der Waals surface area contributed by atoms with Crippen molar-refractivity contribution in [3.63, 3.8) is 0 Å². The van der Waals surface area contributed by atoms with Crippen LogP contribution in [0.5, 0.6) is 11.5 Å². The van der Waals surface area contributed by atoms with Gasteiger partial charge < -0.3 is 54.6 Å². The highest BCUT2D eigenvalue weighted by molar-refractivity contribution is 7.52. The molecule has 504 valence electrons. The van der Waals surface area contributed by atoms with E-state index in [-0.39, 0.29) is 54.6 Å². The number of aryl methyl sites for hydroxylation is 1. The number of imidazole rings is 2. The Balaban J connectivity index is 0.000000236. The van der Waals surface area contributed by atoms with Gasteiger partial charge in [-0.2, -0.15) is 20.1 Å². The van der Waals surface area contributed by atoms with Crippen molar-refractivity contribution < 1.29 is 74.8 Å². The van der Waals surface area contributed by atoms with Gasteiger partial charge in [-0.05, 0) is 68.4 Å². The van der Waals surface area contributed by atoms with Gasteiger partial charge in [0.2, 0.25) is 5.95 Å². The van der Waals surface area contributed by atoms with Gasteiger partial charge in [-0.3, -0.25) is 27.8 Å². The lowest BCUT2D eigenvalue weighted by atomic mass is 9.98. The Labute approximate surface area is 537 Å². The van der Waals surface area contributed by atoms with E-state index in [0.29, 0.717) is 44.9 Å². The van der Waals surface area contributed by atoms with Crippen molar-refractivity contribution in [3.05, 3.63) is 103 Å². The number of nitrogens with one attached hydrogen (secondary N) is 4. The Morgan fingerprint density at radius 3 is 1.44 bits per heavy atom. The van der Waals surface area contributed by atoms with E-state index >= 15 is 8.78 Å². The number of aliphatic hydroxyl groups excluding tert-OH is 2. The van der Waals surface area contributed by atoms with E-state index in [1.807, 2.05) is 77.9 Å². The minimum atomic E-state index is -4.41. The van der Waals surface area contributed by atoms with Crippen molar-refractivity contribution in [3.8, 4) is 11.5 Å². The molecule has 0 spiro atoms. The van der Waals surface area contributed by atoms with Gasteiger partial charge in [-0.1, -0.05) is 122 Å². The number of hydrogen-bond acceptors (Lipinski definition) is 23. The zero-order valence-electron chi connectivity index (χ0n) is 53.3.